The van der Waals surface area contributed by atoms with E-state index in [1.165, 1.54) is 58.8 Å². The number of carbonyl (C=O) groups is 2. The van der Waals surface area contributed by atoms with E-state index >= 15 is 0 Å². The first-order valence-corrected chi connectivity index (χ1v) is 15.2. The molecule has 4 bridgehead atoms. The Kier molecular flexibility index (Phi) is 7.38. The Morgan fingerprint density at radius 2 is 1.59 bits per heavy atom. The van der Waals surface area contributed by atoms with Gasteiger partial charge in [-0.3, -0.25) is 14.5 Å². The van der Waals surface area contributed by atoms with Crippen molar-refractivity contribution in [3.63, 3.8) is 0 Å². The molecule has 4 fully saturated rings. The fraction of sp³-hybridized carbons (Fsp3) is 0.645. The van der Waals surface area contributed by atoms with E-state index in [-0.39, 0.29) is 11.7 Å². The normalized spacial score (nSPS) is 30.6. The maximum atomic E-state index is 14.1. The summed E-state index contributed by atoms with van der Waals surface area (Å²) in [7, 11) is 0. The number of carboxylic acids is 1. The van der Waals surface area contributed by atoms with Crippen LogP contribution in [0.3, 0.4) is 0 Å². The average Bonchev–Trinajstić information content (AvgIpc) is 3.08. The number of nitrogens with two attached hydrogens (primary N) is 1. The van der Waals surface area contributed by atoms with Gasteiger partial charge in [-0.05, 0) is 82.8 Å². The smallest absolute Gasteiger partial charge is 0.360 e. The van der Waals surface area contributed by atoms with E-state index in [2.05, 4.69) is 15.0 Å². The molecule has 10 nitrogen and oxygen atoms in total. The molecule has 10 heteroatoms. The Labute approximate surface area is 239 Å². The van der Waals surface area contributed by atoms with E-state index in [4.69, 9.17) is 10.6 Å². The second-order valence-corrected chi connectivity index (χ2v) is 13.2. The van der Waals surface area contributed by atoms with Crippen molar-refractivity contribution in [2.75, 3.05) is 0 Å². The minimum atomic E-state index is -1.56. The number of aliphatic carboxylic acids is 1. The van der Waals surface area contributed by atoms with Crippen LogP contribution >= 0.6 is 0 Å². The predicted octanol–water partition coefficient (Wildman–Crippen LogP) is 3.99. The van der Waals surface area contributed by atoms with Crippen LogP contribution in [0.1, 0.15) is 96.2 Å². The first kappa shape index (κ1) is 27.9. The highest BCUT2D eigenvalue weighted by Crippen LogP contribution is 2.48. The minimum Gasteiger partial charge on any atom is -0.476 e. The Morgan fingerprint density at radius 3 is 2.20 bits per heavy atom. The quantitative estimate of drug-likeness (QED) is 0.383. The summed E-state index contributed by atoms with van der Waals surface area (Å²) in [6.45, 7) is 2.77. The summed E-state index contributed by atoms with van der Waals surface area (Å²) in [5, 5.41) is 13.7. The fourth-order valence-electron chi connectivity index (χ4n) is 8.16. The highest BCUT2D eigenvalue weighted by Gasteiger charge is 2.47. The fourth-order valence-corrected chi connectivity index (χ4v) is 8.16. The van der Waals surface area contributed by atoms with E-state index in [1.807, 2.05) is 18.2 Å². The number of benzene rings is 1. The number of aromatic nitrogens is 2. The molecule has 1 amide bonds. The van der Waals surface area contributed by atoms with E-state index in [0.717, 1.165) is 37.5 Å². The second kappa shape index (κ2) is 10.9. The minimum absolute atomic E-state index is 0.0770. The lowest BCUT2D eigenvalue weighted by Crippen LogP contribution is -2.52. The SMILES string of the molecule is CC(C)(O/N=C(\C(=O)O)c1nc2ccccc2n([C@H]2C[C@H]3CC[C@@H](C2)N3[C@@H]2C[C@@H]3CCCC[C@@H](C3)C2)c1=O)C(N)=O. The van der Waals surface area contributed by atoms with E-state index in [9.17, 15) is 19.5 Å². The second-order valence-electron chi connectivity index (χ2n) is 13.2. The molecule has 2 saturated carbocycles. The Morgan fingerprint density at radius 1 is 0.951 bits per heavy atom. The van der Waals surface area contributed by atoms with Crippen molar-refractivity contribution < 1.29 is 19.5 Å². The Hall–Kier alpha value is -3.27. The molecule has 2 aromatic rings. The zero-order valence-electron chi connectivity index (χ0n) is 24.0. The molecule has 1 aromatic carbocycles. The number of carboxylic acid groups (broad SMARTS) is 1. The number of fused-ring (bicyclic) bond motifs is 5. The molecule has 2 aliphatic carbocycles. The summed E-state index contributed by atoms with van der Waals surface area (Å²) in [6.07, 6.45) is 13.4. The van der Waals surface area contributed by atoms with Gasteiger partial charge in [0.1, 0.15) is 0 Å². The van der Waals surface area contributed by atoms with Crippen LogP contribution in [0.5, 0.6) is 0 Å². The molecular weight excluding hydrogens is 522 g/mol. The zero-order valence-corrected chi connectivity index (χ0v) is 24.0. The lowest BCUT2D eigenvalue weighted by Gasteiger charge is -2.48. The van der Waals surface area contributed by atoms with Crippen LogP contribution in [0, 0.1) is 11.8 Å². The molecule has 2 aliphatic heterocycles. The summed E-state index contributed by atoms with van der Waals surface area (Å²) in [5.41, 5.74) is 3.55. The lowest BCUT2D eigenvalue weighted by atomic mass is 9.76. The van der Waals surface area contributed by atoms with Gasteiger partial charge in [-0.1, -0.05) is 43.0 Å². The summed E-state index contributed by atoms with van der Waals surface area (Å²) in [4.78, 5) is 50.5. The number of piperidine rings is 1. The van der Waals surface area contributed by atoms with E-state index in [0.29, 0.717) is 29.2 Å². The van der Waals surface area contributed by atoms with Crippen molar-refractivity contribution in [1.82, 2.24) is 14.5 Å². The summed E-state index contributed by atoms with van der Waals surface area (Å²) in [5.74, 6) is -0.578. The van der Waals surface area contributed by atoms with Gasteiger partial charge in [-0.25, -0.2) is 9.78 Å². The topological polar surface area (TPSA) is 140 Å². The van der Waals surface area contributed by atoms with Crippen LogP contribution in [-0.2, 0) is 14.4 Å². The standard InChI is InChI=1S/C31H41N5O5/c1-31(2,30(32)40)41-34-27(29(38)39)26-28(37)36(25-10-6-5-9-24(25)33-26)23-16-20-11-12-21(17-23)35(20)22-14-18-7-3-4-8-19(13-18)15-22/h5-6,9-10,18-23H,3-4,7-8,11-17H2,1-2H3,(H2,32,40)(H,38,39)/b34-27-/t18-,19+,20-,21+,22-,23+. The average molecular weight is 564 g/mol. The van der Waals surface area contributed by atoms with Crippen LogP contribution in [0.2, 0.25) is 0 Å². The van der Waals surface area contributed by atoms with Gasteiger partial charge in [0.2, 0.25) is 11.3 Å². The van der Waals surface area contributed by atoms with Crippen molar-refractivity contribution in [3.8, 4) is 0 Å². The van der Waals surface area contributed by atoms with Crippen molar-refractivity contribution in [3.05, 3.63) is 40.3 Å². The third kappa shape index (κ3) is 5.27. The molecule has 1 aromatic heterocycles. The van der Waals surface area contributed by atoms with E-state index < -0.39 is 28.7 Å². The van der Waals surface area contributed by atoms with Crippen molar-refractivity contribution >= 4 is 28.6 Å². The molecule has 3 N–H and O–H groups in total. The number of carbonyl (C=O) groups excluding carboxylic acids is 1. The van der Waals surface area contributed by atoms with Gasteiger partial charge in [0.05, 0.1) is 11.0 Å². The van der Waals surface area contributed by atoms with Gasteiger partial charge in [0, 0.05) is 24.2 Å². The summed E-state index contributed by atoms with van der Waals surface area (Å²) in [6, 6.07) is 8.72. The lowest BCUT2D eigenvalue weighted by molar-refractivity contribution is -0.140. The molecule has 3 heterocycles. The van der Waals surface area contributed by atoms with Crippen LogP contribution in [-0.4, -0.2) is 60.9 Å². The number of hydrogen-bond acceptors (Lipinski definition) is 7. The van der Waals surface area contributed by atoms with Gasteiger partial charge in [0.15, 0.2) is 5.69 Å². The van der Waals surface area contributed by atoms with Crippen molar-refractivity contribution in [2.24, 2.45) is 22.7 Å². The molecule has 6 rings (SSSR count). The number of amides is 1. The molecule has 0 spiro atoms. The van der Waals surface area contributed by atoms with Gasteiger partial charge in [-0.15, -0.1) is 0 Å². The first-order chi connectivity index (χ1) is 19.6. The number of primary amides is 1. The molecule has 220 valence electrons. The highest BCUT2D eigenvalue weighted by atomic mass is 16.7. The summed E-state index contributed by atoms with van der Waals surface area (Å²) < 4.78 is 1.75. The summed E-state index contributed by atoms with van der Waals surface area (Å²) >= 11 is 0. The molecular formula is C31H41N5O5. The molecule has 41 heavy (non-hydrogen) atoms. The monoisotopic (exact) mass is 563 g/mol. The molecule has 0 unspecified atom stereocenters. The third-order valence-electron chi connectivity index (χ3n) is 10.1. The van der Waals surface area contributed by atoms with Crippen LogP contribution < -0.4 is 11.3 Å². The Bertz CT molecular complexity index is 1410. The highest BCUT2D eigenvalue weighted by molar-refractivity contribution is 6.41. The molecule has 6 atom stereocenters. The molecule has 4 aliphatic rings. The number of nitrogens with zero attached hydrogens (tertiary/aromatic N) is 4. The molecule has 0 radical (unpaired) electrons. The number of oxime groups is 1. The van der Waals surface area contributed by atoms with Crippen molar-refractivity contribution in [2.45, 2.75) is 114 Å². The molecule has 2 saturated heterocycles. The number of hydrogen-bond donors (Lipinski definition) is 2. The van der Waals surface area contributed by atoms with E-state index in [1.54, 1.807) is 10.6 Å². The van der Waals surface area contributed by atoms with Gasteiger partial charge in [-0.2, -0.15) is 0 Å². The number of rotatable bonds is 7. The maximum Gasteiger partial charge on any atom is 0.360 e. The van der Waals surface area contributed by atoms with Crippen LogP contribution in [0.4, 0.5) is 0 Å². The van der Waals surface area contributed by atoms with Crippen LogP contribution in [0.15, 0.2) is 34.2 Å². The Balaban J connectivity index is 1.34. The zero-order chi connectivity index (χ0) is 28.9. The van der Waals surface area contributed by atoms with Crippen molar-refractivity contribution in [1.29, 1.82) is 0 Å². The van der Waals surface area contributed by atoms with Gasteiger partial charge >= 0.3 is 5.97 Å². The first-order valence-electron chi connectivity index (χ1n) is 15.2. The van der Waals surface area contributed by atoms with Gasteiger partial charge < -0.3 is 20.2 Å². The maximum absolute atomic E-state index is 14.1. The van der Waals surface area contributed by atoms with Gasteiger partial charge in [0.25, 0.3) is 11.5 Å². The largest absolute Gasteiger partial charge is 0.476 e. The third-order valence-corrected chi connectivity index (χ3v) is 10.1. The number of para-hydroxylation sites is 2. The van der Waals surface area contributed by atoms with Crippen LogP contribution in [0.25, 0.3) is 11.0 Å². The predicted molar refractivity (Wildman–Crippen MR) is 155 cm³/mol.